The van der Waals surface area contributed by atoms with E-state index in [1.54, 1.807) is 0 Å². The Morgan fingerprint density at radius 1 is 0.426 bits per heavy atom. The number of carbonyl (C=O) groups excluding carboxylic acids is 2. The molecule has 0 aromatic rings. The third kappa shape index (κ3) is 33.4. The summed E-state index contributed by atoms with van der Waals surface area (Å²) in [5.41, 5.74) is 0. The summed E-state index contributed by atoms with van der Waals surface area (Å²) in [5.74, 6) is -0.00300. The van der Waals surface area contributed by atoms with Gasteiger partial charge in [-0.3, -0.25) is 9.59 Å². The average molecular weight is 665 g/mol. The highest BCUT2D eigenvalue weighted by Gasteiger charge is 2.22. The average Bonchev–Trinajstić information content (AvgIpc) is 3.05. The maximum absolute atomic E-state index is 13.2. The number of unbranched alkanes of at least 4 members (excludes halogenated alkanes) is 25. The van der Waals surface area contributed by atoms with Gasteiger partial charge in [-0.25, -0.2) is 0 Å². The van der Waals surface area contributed by atoms with Crippen LogP contribution in [-0.4, -0.2) is 30.6 Å². The second-order valence-electron chi connectivity index (χ2n) is 15.1. The van der Waals surface area contributed by atoms with E-state index in [-0.39, 0.29) is 29.9 Å². The molecule has 0 saturated heterocycles. The lowest BCUT2D eigenvalue weighted by Crippen LogP contribution is -2.27. The monoisotopic (exact) mass is 665 g/mol. The summed E-state index contributed by atoms with van der Waals surface area (Å²) >= 11 is 0. The Kier molecular flexibility index (Phi) is 35.7. The van der Waals surface area contributed by atoms with E-state index >= 15 is 0 Å². The molecule has 4 heteroatoms. The molecule has 0 rings (SSSR count). The second kappa shape index (κ2) is 36.4. The summed E-state index contributed by atoms with van der Waals surface area (Å²) in [7, 11) is 0. The molecule has 0 fully saturated rings. The number of rotatable bonds is 38. The minimum Gasteiger partial charge on any atom is -0.462 e. The summed E-state index contributed by atoms with van der Waals surface area (Å²) < 4.78 is 12.4. The molecule has 0 N–H and O–H groups in total. The van der Waals surface area contributed by atoms with Crippen LogP contribution in [0, 0.1) is 5.92 Å². The van der Waals surface area contributed by atoms with Crippen molar-refractivity contribution in [1.82, 2.24) is 0 Å². The number of carbonyl (C=O) groups is 2. The predicted octanol–water partition coefficient (Wildman–Crippen LogP) is 14.1. The molecule has 47 heavy (non-hydrogen) atoms. The van der Waals surface area contributed by atoms with Gasteiger partial charge in [0.25, 0.3) is 0 Å². The molecular weight excluding hydrogens is 580 g/mol. The maximum Gasteiger partial charge on any atom is 0.308 e. The van der Waals surface area contributed by atoms with E-state index in [2.05, 4.69) is 20.8 Å². The Bertz CT molecular complexity index is 660. The molecule has 280 valence electrons. The van der Waals surface area contributed by atoms with Crippen LogP contribution in [0.1, 0.15) is 240 Å². The van der Waals surface area contributed by atoms with Crippen molar-refractivity contribution in [3.05, 3.63) is 0 Å². The molecule has 0 aromatic carbocycles. The summed E-state index contributed by atoms with van der Waals surface area (Å²) in [6.07, 6.45) is 38.2. The molecule has 0 radical (unpaired) electrons. The van der Waals surface area contributed by atoms with Crippen molar-refractivity contribution < 1.29 is 19.1 Å². The third-order valence-corrected chi connectivity index (χ3v) is 9.88. The summed E-state index contributed by atoms with van der Waals surface area (Å²) in [6.45, 7) is 11.4. The van der Waals surface area contributed by atoms with Crippen LogP contribution in [-0.2, 0) is 19.1 Å². The van der Waals surface area contributed by atoms with E-state index < -0.39 is 0 Å². The lowest BCUT2D eigenvalue weighted by molar-refractivity contribution is -0.154. The van der Waals surface area contributed by atoms with Crippen LogP contribution in [0.25, 0.3) is 0 Å². The summed E-state index contributed by atoms with van der Waals surface area (Å²) in [6, 6.07) is 0. The molecule has 0 aliphatic carbocycles. The van der Waals surface area contributed by atoms with Crippen LogP contribution in [0.15, 0.2) is 0 Å². The molecule has 2 atom stereocenters. The standard InChI is InChI=1S/C43H84O4/c1-6-9-12-15-18-21-24-27-30-33-36-46-40(34-31-28-25-22-19-16-13-10-7-2)38-43(45)47-41(37-42(44)39(4)5)35-32-29-26-23-20-17-14-11-8-3/h39-41H,6-38H2,1-5H3/t40-,41-/m1/s1. The molecule has 4 nitrogen and oxygen atoms in total. The van der Waals surface area contributed by atoms with Gasteiger partial charge in [-0.15, -0.1) is 0 Å². The first kappa shape index (κ1) is 46.1. The number of esters is 1. The van der Waals surface area contributed by atoms with Crippen molar-refractivity contribution in [2.24, 2.45) is 5.92 Å². The van der Waals surface area contributed by atoms with Crippen molar-refractivity contribution in [3.63, 3.8) is 0 Å². The van der Waals surface area contributed by atoms with E-state index in [9.17, 15) is 9.59 Å². The lowest BCUT2D eigenvalue weighted by atomic mass is 9.98. The van der Waals surface area contributed by atoms with Crippen LogP contribution >= 0.6 is 0 Å². The molecule has 0 unspecified atom stereocenters. The van der Waals surface area contributed by atoms with Gasteiger partial charge in [0.2, 0.25) is 0 Å². The topological polar surface area (TPSA) is 52.6 Å². The van der Waals surface area contributed by atoms with Crippen LogP contribution in [0.5, 0.6) is 0 Å². The summed E-state index contributed by atoms with van der Waals surface area (Å²) in [5, 5.41) is 0. The number of ketones is 1. The second-order valence-corrected chi connectivity index (χ2v) is 15.1. The number of ether oxygens (including phenoxy) is 2. The Hall–Kier alpha value is -0.900. The van der Waals surface area contributed by atoms with Crippen molar-refractivity contribution in [2.45, 2.75) is 252 Å². The van der Waals surface area contributed by atoms with Crippen molar-refractivity contribution in [2.75, 3.05) is 6.61 Å². The quantitative estimate of drug-likeness (QED) is 0.0487. The van der Waals surface area contributed by atoms with Crippen molar-refractivity contribution >= 4 is 11.8 Å². The fourth-order valence-corrected chi connectivity index (χ4v) is 6.53. The van der Waals surface area contributed by atoms with Crippen molar-refractivity contribution in [3.8, 4) is 0 Å². The van der Waals surface area contributed by atoms with E-state index in [1.165, 1.54) is 154 Å². The van der Waals surface area contributed by atoms with Gasteiger partial charge < -0.3 is 9.47 Å². The van der Waals surface area contributed by atoms with Gasteiger partial charge in [0.05, 0.1) is 12.5 Å². The fourth-order valence-electron chi connectivity index (χ4n) is 6.53. The lowest BCUT2D eigenvalue weighted by Gasteiger charge is -2.21. The molecule has 0 aromatic heterocycles. The maximum atomic E-state index is 13.2. The normalized spacial score (nSPS) is 12.9. The highest BCUT2D eigenvalue weighted by molar-refractivity contribution is 5.81. The zero-order chi connectivity index (χ0) is 34.6. The fraction of sp³-hybridized carbons (Fsp3) is 0.953. The Balaban J connectivity index is 4.69. The molecule has 0 saturated carbocycles. The van der Waals surface area contributed by atoms with E-state index in [0.717, 1.165) is 45.1 Å². The van der Waals surface area contributed by atoms with Gasteiger partial charge in [0.15, 0.2) is 0 Å². The van der Waals surface area contributed by atoms with E-state index in [1.807, 2.05) is 13.8 Å². The van der Waals surface area contributed by atoms with Gasteiger partial charge in [-0.1, -0.05) is 202 Å². The van der Waals surface area contributed by atoms with Crippen LogP contribution in [0.3, 0.4) is 0 Å². The SMILES string of the molecule is CCCCCCCCCCCCO[C@H](CCCCCCCCCCC)CC(=O)O[C@H](CCCCCCCCCCC)CC(=O)C(C)C. The largest absolute Gasteiger partial charge is 0.462 e. The molecular formula is C43H84O4. The highest BCUT2D eigenvalue weighted by Crippen LogP contribution is 2.20. The first-order valence-electron chi connectivity index (χ1n) is 21.3. The minimum atomic E-state index is -0.294. The van der Waals surface area contributed by atoms with E-state index in [4.69, 9.17) is 9.47 Å². The van der Waals surface area contributed by atoms with Crippen LogP contribution in [0.2, 0.25) is 0 Å². The number of hydrogen-bond acceptors (Lipinski definition) is 4. The van der Waals surface area contributed by atoms with Gasteiger partial charge in [-0.2, -0.15) is 0 Å². The smallest absolute Gasteiger partial charge is 0.308 e. The van der Waals surface area contributed by atoms with Gasteiger partial charge >= 0.3 is 5.97 Å². The van der Waals surface area contributed by atoms with Gasteiger partial charge in [-0.05, 0) is 25.7 Å². The van der Waals surface area contributed by atoms with Crippen LogP contribution in [0.4, 0.5) is 0 Å². The van der Waals surface area contributed by atoms with Gasteiger partial charge in [0.1, 0.15) is 11.9 Å². The Morgan fingerprint density at radius 2 is 0.766 bits per heavy atom. The molecule has 0 heterocycles. The van der Waals surface area contributed by atoms with Crippen molar-refractivity contribution in [1.29, 1.82) is 0 Å². The van der Waals surface area contributed by atoms with E-state index in [0.29, 0.717) is 12.8 Å². The number of Topliss-reactive ketones (excluding diaryl/α,β-unsaturated/α-hetero) is 1. The highest BCUT2D eigenvalue weighted by atomic mass is 16.5. The third-order valence-electron chi connectivity index (χ3n) is 9.88. The summed E-state index contributed by atoms with van der Waals surface area (Å²) in [4.78, 5) is 25.9. The minimum absolute atomic E-state index is 0.0249. The van der Waals surface area contributed by atoms with Crippen LogP contribution < -0.4 is 0 Å². The first-order chi connectivity index (χ1) is 22.9. The Morgan fingerprint density at radius 3 is 1.15 bits per heavy atom. The Labute approximate surface area is 295 Å². The molecule has 0 aliphatic rings. The molecule has 0 spiro atoms. The predicted molar refractivity (Wildman–Crippen MR) is 204 cm³/mol. The molecule has 0 bridgehead atoms. The van der Waals surface area contributed by atoms with Gasteiger partial charge in [0, 0.05) is 18.9 Å². The zero-order valence-electron chi connectivity index (χ0n) is 32.7. The number of hydrogen-bond donors (Lipinski definition) is 0. The molecule has 0 amide bonds. The zero-order valence-corrected chi connectivity index (χ0v) is 32.7. The molecule has 0 aliphatic heterocycles. The first-order valence-corrected chi connectivity index (χ1v) is 21.3.